The highest BCUT2D eigenvalue weighted by Gasteiger charge is 2.16. The molecule has 0 radical (unpaired) electrons. The lowest BCUT2D eigenvalue weighted by Gasteiger charge is -2.21. The highest BCUT2D eigenvalue weighted by molar-refractivity contribution is 4.70. The minimum atomic E-state index is -0.574. The summed E-state index contributed by atoms with van der Waals surface area (Å²) in [6.45, 7) is 7.31. The molecule has 1 aliphatic heterocycles. The lowest BCUT2D eigenvalue weighted by atomic mass is 10.1. The Labute approximate surface area is 81.3 Å². The maximum atomic E-state index is 13.2. The Morgan fingerprint density at radius 2 is 2.15 bits per heavy atom. The van der Waals surface area contributed by atoms with Crippen molar-refractivity contribution in [3.63, 3.8) is 0 Å². The molecule has 1 unspecified atom stereocenters. The Kier molecular flexibility index (Phi) is 4.71. The molecule has 1 atom stereocenters. The number of likely N-dealkylation sites (tertiary alicyclic amines) is 1. The highest BCUT2D eigenvalue weighted by Crippen LogP contribution is 2.14. The van der Waals surface area contributed by atoms with Crippen LogP contribution in [0, 0.1) is 5.92 Å². The van der Waals surface area contributed by atoms with Gasteiger partial charge >= 0.3 is 0 Å². The molecule has 2 heteroatoms. The van der Waals surface area contributed by atoms with E-state index in [2.05, 4.69) is 18.7 Å². The van der Waals surface area contributed by atoms with Crippen molar-refractivity contribution in [1.82, 2.24) is 4.90 Å². The van der Waals surface area contributed by atoms with E-state index >= 15 is 0 Å². The molecule has 0 saturated carbocycles. The second-order valence-electron chi connectivity index (χ2n) is 4.58. The molecule has 0 aromatic rings. The Balaban J connectivity index is 2.22. The van der Waals surface area contributed by atoms with Gasteiger partial charge in [-0.2, -0.15) is 0 Å². The Hall–Kier alpha value is -0.110. The molecule has 0 amide bonds. The first kappa shape index (κ1) is 11.0. The maximum absolute atomic E-state index is 13.2. The van der Waals surface area contributed by atoms with Crippen molar-refractivity contribution in [3.05, 3.63) is 0 Å². The smallest absolute Gasteiger partial charge is 0.113 e. The van der Waals surface area contributed by atoms with Crippen LogP contribution < -0.4 is 0 Å². The molecule has 0 aromatic heterocycles. The van der Waals surface area contributed by atoms with Crippen LogP contribution in [0.1, 0.15) is 39.5 Å². The van der Waals surface area contributed by atoms with Crippen molar-refractivity contribution in [1.29, 1.82) is 0 Å². The standard InChI is InChI=1S/C11H22FN/c1-10(2)6-8-13-7-4-3-5-11(12)9-13/h10-11H,3-9H2,1-2H3. The van der Waals surface area contributed by atoms with Gasteiger partial charge in [0.05, 0.1) is 0 Å². The maximum Gasteiger partial charge on any atom is 0.113 e. The third kappa shape index (κ3) is 4.61. The lowest BCUT2D eigenvalue weighted by molar-refractivity contribution is 0.199. The van der Waals surface area contributed by atoms with E-state index in [4.69, 9.17) is 0 Å². The fourth-order valence-corrected chi connectivity index (χ4v) is 1.81. The normalized spacial score (nSPS) is 26.3. The van der Waals surface area contributed by atoms with Crippen LogP contribution in [0.2, 0.25) is 0 Å². The zero-order chi connectivity index (χ0) is 9.68. The summed E-state index contributed by atoms with van der Waals surface area (Å²) < 4.78 is 13.2. The van der Waals surface area contributed by atoms with Gasteiger partial charge in [-0.25, -0.2) is 4.39 Å². The molecule has 1 rings (SSSR count). The monoisotopic (exact) mass is 187 g/mol. The molecule has 13 heavy (non-hydrogen) atoms. The average Bonchev–Trinajstić information content (AvgIpc) is 2.26. The first-order chi connectivity index (χ1) is 6.18. The van der Waals surface area contributed by atoms with Crippen LogP contribution >= 0.6 is 0 Å². The third-order valence-corrected chi connectivity index (χ3v) is 2.72. The van der Waals surface area contributed by atoms with Crippen molar-refractivity contribution >= 4 is 0 Å². The SMILES string of the molecule is CC(C)CCN1CCCCC(F)C1. The first-order valence-electron chi connectivity index (χ1n) is 5.55. The van der Waals surface area contributed by atoms with Crippen LogP contribution in [-0.4, -0.2) is 30.7 Å². The topological polar surface area (TPSA) is 3.24 Å². The van der Waals surface area contributed by atoms with Crippen LogP contribution in [0.4, 0.5) is 4.39 Å². The second-order valence-corrected chi connectivity index (χ2v) is 4.58. The van der Waals surface area contributed by atoms with Gasteiger partial charge in [0.15, 0.2) is 0 Å². The third-order valence-electron chi connectivity index (χ3n) is 2.72. The molecule has 1 saturated heterocycles. The molecular weight excluding hydrogens is 165 g/mol. The van der Waals surface area contributed by atoms with Gasteiger partial charge in [0.1, 0.15) is 6.17 Å². The predicted molar refractivity (Wildman–Crippen MR) is 54.6 cm³/mol. The number of rotatable bonds is 3. The van der Waals surface area contributed by atoms with Gasteiger partial charge in [0, 0.05) is 6.54 Å². The number of halogens is 1. The van der Waals surface area contributed by atoms with Crippen LogP contribution in [0.15, 0.2) is 0 Å². The lowest BCUT2D eigenvalue weighted by Crippen LogP contribution is -2.30. The van der Waals surface area contributed by atoms with E-state index in [1.807, 2.05) is 0 Å². The Morgan fingerprint density at radius 1 is 1.38 bits per heavy atom. The predicted octanol–water partition coefficient (Wildman–Crippen LogP) is 2.86. The van der Waals surface area contributed by atoms with Gasteiger partial charge in [-0.05, 0) is 44.7 Å². The number of hydrogen-bond donors (Lipinski definition) is 0. The fraction of sp³-hybridized carbons (Fsp3) is 1.00. The molecule has 1 heterocycles. The van der Waals surface area contributed by atoms with Gasteiger partial charge in [-0.3, -0.25) is 0 Å². The average molecular weight is 187 g/mol. The van der Waals surface area contributed by atoms with Crippen LogP contribution in [0.5, 0.6) is 0 Å². The molecule has 1 fully saturated rings. The Morgan fingerprint density at radius 3 is 2.85 bits per heavy atom. The molecule has 78 valence electrons. The number of nitrogens with zero attached hydrogens (tertiary/aromatic N) is 1. The first-order valence-corrected chi connectivity index (χ1v) is 5.55. The van der Waals surface area contributed by atoms with Crippen molar-refractivity contribution in [3.8, 4) is 0 Å². The summed E-state index contributed by atoms with van der Waals surface area (Å²) in [5.41, 5.74) is 0. The molecule has 0 aromatic carbocycles. The highest BCUT2D eigenvalue weighted by atomic mass is 19.1. The molecule has 0 bridgehead atoms. The van der Waals surface area contributed by atoms with E-state index < -0.39 is 6.17 Å². The minimum absolute atomic E-state index is 0.574. The quantitative estimate of drug-likeness (QED) is 0.656. The van der Waals surface area contributed by atoms with Gasteiger partial charge in [-0.1, -0.05) is 13.8 Å². The van der Waals surface area contributed by atoms with Gasteiger partial charge < -0.3 is 4.90 Å². The minimum Gasteiger partial charge on any atom is -0.300 e. The van der Waals surface area contributed by atoms with Crippen molar-refractivity contribution in [2.45, 2.75) is 45.7 Å². The van der Waals surface area contributed by atoms with E-state index in [0.717, 1.165) is 31.8 Å². The van der Waals surface area contributed by atoms with E-state index in [9.17, 15) is 4.39 Å². The van der Waals surface area contributed by atoms with Gasteiger partial charge in [-0.15, -0.1) is 0 Å². The van der Waals surface area contributed by atoms with Crippen LogP contribution in [0.25, 0.3) is 0 Å². The number of alkyl halides is 1. The van der Waals surface area contributed by atoms with Crippen molar-refractivity contribution in [2.75, 3.05) is 19.6 Å². The summed E-state index contributed by atoms with van der Waals surface area (Å²) >= 11 is 0. The van der Waals surface area contributed by atoms with Crippen molar-refractivity contribution < 1.29 is 4.39 Å². The van der Waals surface area contributed by atoms with E-state index in [0.29, 0.717) is 6.54 Å². The van der Waals surface area contributed by atoms with Crippen molar-refractivity contribution in [2.24, 2.45) is 5.92 Å². The number of hydrogen-bond acceptors (Lipinski definition) is 1. The largest absolute Gasteiger partial charge is 0.300 e. The molecular formula is C11H22FN. The molecule has 1 aliphatic rings. The van der Waals surface area contributed by atoms with Crippen LogP contribution in [-0.2, 0) is 0 Å². The van der Waals surface area contributed by atoms with E-state index in [1.165, 1.54) is 12.8 Å². The van der Waals surface area contributed by atoms with E-state index in [1.54, 1.807) is 0 Å². The van der Waals surface area contributed by atoms with Gasteiger partial charge in [0.25, 0.3) is 0 Å². The molecule has 0 N–H and O–H groups in total. The zero-order valence-electron chi connectivity index (χ0n) is 8.93. The summed E-state index contributed by atoms with van der Waals surface area (Å²) in [4.78, 5) is 2.29. The molecule has 0 spiro atoms. The summed E-state index contributed by atoms with van der Waals surface area (Å²) in [6.07, 6.45) is 3.65. The van der Waals surface area contributed by atoms with Crippen LogP contribution in [0.3, 0.4) is 0 Å². The molecule has 1 nitrogen and oxygen atoms in total. The summed E-state index contributed by atoms with van der Waals surface area (Å²) in [6, 6.07) is 0. The molecule has 0 aliphatic carbocycles. The summed E-state index contributed by atoms with van der Waals surface area (Å²) in [7, 11) is 0. The zero-order valence-corrected chi connectivity index (χ0v) is 8.93. The summed E-state index contributed by atoms with van der Waals surface area (Å²) in [5.74, 6) is 0.737. The Bertz CT molecular complexity index is 136. The van der Waals surface area contributed by atoms with Gasteiger partial charge in [0.2, 0.25) is 0 Å². The fourth-order valence-electron chi connectivity index (χ4n) is 1.81. The van der Waals surface area contributed by atoms with E-state index in [-0.39, 0.29) is 0 Å². The summed E-state index contributed by atoms with van der Waals surface area (Å²) in [5, 5.41) is 0. The second kappa shape index (κ2) is 5.58.